The predicted octanol–water partition coefficient (Wildman–Crippen LogP) is 4.40. The van der Waals surface area contributed by atoms with Crippen molar-refractivity contribution >= 4 is 33.2 Å². The lowest BCUT2D eigenvalue weighted by atomic mass is 10.1. The van der Waals surface area contributed by atoms with Crippen LogP contribution >= 0.6 is 0 Å². The zero-order valence-corrected chi connectivity index (χ0v) is 19.0. The molecule has 3 aromatic carbocycles. The molecule has 0 aliphatic heterocycles. The van der Waals surface area contributed by atoms with Crippen molar-refractivity contribution in [3.8, 4) is 0 Å². The van der Waals surface area contributed by atoms with Crippen LogP contribution in [-0.4, -0.2) is 20.2 Å². The Bertz CT molecular complexity index is 1450. The minimum absolute atomic E-state index is 0.114. The SMILES string of the molecule is O=C(NCc1cccc(NC(=O)c2ccco2)c1)c1ccc(S(=O)(=O)Nc2ccccc2F)cc1. The molecule has 0 fully saturated rings. The van der Waals surface area contributed by atoms with Crippen LogP contribution in [0.5, 0.6) is 0 Å². The van der Waals surface area contributed by atoms with Crippen LogP contribution in [0.3, 0.4) is 0 Å². The van der Waals surface area contributed by atoms with Gasteiger partial charge in [0, 0.05) is 17.8 Å². The fourth-order valence-corrected chi connectivity index (χ4v) is 4.24. The minimum atomic E-state index is -4.03. The van der Waals surface area contributed by atoms with Gasteiger partial charge in [-0.3, -0.25) is 14.3 Å². The van der Waals surface area contributed by atoms with E-state index >= 15 is 0 Å². The number of benzene rings is 3. The molecule has 178 valence electrons. The summed E-state index contributed by atoms with van der Waals surface area (Å²) in [5.41, 5.74) is 1.35. The molecule has 1 aromatic heterocycles. The minimum Gasteiger partial charge on any atom is -0.459 e. The molecule has 0 aliphatic rings. The molecule has 0 unspecified atom stereocenters. The van der Waals surface area contributed by atoms with E-state index in [0.29, 0.717) is 5.69 Å². The van der Waals surface area contributed by atoms with Gasteiger partial charge < -0.3 is 15.1 Å². The molecule has 0 spiro atoms. The molecule has 4 rings (SSSR count). The highest BCUT2D eigenvalue weighted by atomic mass is 32.2. The summed E-state index contributed by atoms with van der Waals surface area (Å²) in [5, 5.41) is 5.46. The van der Waals surface area contributed by atoms with Crippen molar-refractivity contribution in [2.45, 2.75) is 11.4 Å². The van der Waals surface area contributed by atoms with E-state index in [2.05, 4.69) is 15.4 Å². The lowest BCUT2D eigenvalue weighted by Crippen LogP contribution is -2.23. The Morgan fingerprint density at radius 1 is 0.857 bits per heavy atom. The summed E-state index contributed by atoms with van der Waals surface area (Å²) in [5.74, 6) is -1.33. The fraction of sp³-hybridized carbons (Fsp3) is 0.0400. The largest absolute Gasteiger partial charge is 0.459 e. The summed E-state index contributed by atoms with van der Waals surface area (Å²) in [6.07, 6.45) is 1.41. The van der Waals surface area contributed by atoms with Crippen molar-refractivity contribution in [1.29, 1.82) is 0 Å². The van der Waals surface area contributed by atoms with Crippen LogP contribution in [0.15, 0.2) is 101 Å². The Morgan fingerprint density at radius 3 is 2.34 bits per heavy atom. The van der Waals surface area contributed by atoms with Crippen LogP contribution in [0.1, 0.15) is 26.5 Å². The average molecular weight is 494 g/mol. The van der Waals surface area contributed by atoms with Crippen LogP contribution in [0.2, 0.25) is 0 Å². The first-order chi connectivity index (χ1) is 16.8. The number of anilines is 2. The van der Waals surface area contributed by atoms with E-state index in [4.69, 9.17) is 4.42 Å². The second-order valence-corrected chi connectivity index (χ2v) is 9.11. The van der Waals surface area contributed by atoms with E-state index in [1.165, 1.54) is 48.7 Å². The maximum Gasteiger partial charge on any atom is 0.291 e. The topological polar surface area (TPSA) is 118 Å². The van der Waals surface area contributed by atoms with Crippen molar-refractivity contribution in [2.75, 3.05) is 10.0 Å². The number of carbonyl (C=O) groups excluding carboxylic acids is 2. The fourth-order valence-electron chi connectivity index (χ4n) is 3.18. The van der Waals surface area contributed by atoms with Crippen LogP contribution in [0, 0.1) is 5.82 Å². The number of rotatable bonds is 8. The lowest BCUT2D eigenvalue weighted by Gasteiger charge is -2.10. The van der Waals surface area contributed by atoms with Gasteiger partial charge in [0.1, 0.15) is 5.82 Å². The second-order valence-electron chi connectivity index (χ2n) is 7.42. The van der Waals surface area contributed by atoms with Crippen molar-refractivity contribution in [3.63, 3.8) is 0 Å². The van der Waals surface area contributed by atoms with Crippen molar-refractivity contribution in [2.24, 2.45) is 0 Å². The first-order valence-electron chi connectivity index (χ1n) is 10.4. The summed E-state index contributed by atoms with van der Waals surface area (Å²) in [4.78, 5) is 24.5. The maximum atomic E-state index is 13.8. The molecule has 0 saturated heterocycles. The van der Waals surface area contributed by atoms with Crippen LogP contribution < -0.4 is 15.4 Å². The van der Waals surface area contributed by atoms with Gasteiger partial charge in [0.25, 0.3) is 21.8 Å². The van der Waals surface area contributed by atoms with Gasteiger partial charge in [-0.1, -0.05) is 24.3 Å². The van der Waals surface area contributed by atoms with Crippen LogP contribution in [0.25, 0.3) is 0 Å². The summed E-state index contributed by atoms with van der Waals surface area (Å²) in [6, 6.07) is 20.8. The number of furan rings is 1. The molecule has 3 N–H and O–H groups in total. The molecule has 4 aromatic rings. The molecular weight excluding hydrogens is 473 g/mol. The number of hydrogen-bond donors (Lipinski definition) is 3. The standard InChI is InChI=1S/C25H20FN3O5S/c26-21-7-1-2-8-22(21)29-35(32,33)20-12-10-18(11-13-20)24(30)27-16-17-5-3-6-19(15-17)28-25(31)23-9-4-14-34-23/h1-15,29H,16H2,(H,27,30)(H,28,31). The molecular formula is C25H20FN3O5S. The van der Waals surface area contributed by atoms with E-state index in [9.17, 15) is 22.4 Å². The highest BCUT2D eigenvalue weighted by Crippen LogP contribution is 2.19. The summed E-state index contributed by atoms with van der Waals surface area (Å²) < 4.78 is 46.1. The average Bonchev–Trinajstić information content (AvgIpc) is 3.40. The molecule has 35 heavy (non-hydrogen) atoms. The lowest BCUT2D eigenvalue weighted by molar-refractivity contribution is 0.0949. The van der Waals surface area contributed by atoms with Crippen molar-refractivity contribution in [3.05, 3.63) is 114 Å². The smallest absolute Gasteiger partial charge is 0.291 e. The first kappa shape index (κ1) is 23.7. The molecule has 0 radical (unpaired) electrons. The number of sulfonamides is 1. The summed E-state index contributed by atoms with van der Waals surface area (Å²) >= 11 is 0. The maximum absolute atomic E-state index is 13.8. The number of nitrogens with one attached hydrogen (secondary N) is 3. The zero-order chi connectivity index (χ0) is 24.8. The molecule has 8 nitrogen and oxygen atoms in total. The quantitative estimate of drug-likeness (QED) is 0.336. The zero-order valence-electron chi connectivity index (χ0n) is 18.2. The number of amides is 2. The molecule has 0 atom stereocenters. The van der Waals surface area contributed by atoms with Crippen LogP contribution in [-0.2, 0) is 16.6 Å². The summed E-state index contributed by atoms with van der Waals surface area (Å²) in [6.45, 7) is 0.179. The number of para-hydroxylation sites is 1. The molecule has 10 heteroatoms. The highest BCUT2D eigenvalue weighted by molar-refractivity contribution is 7.92. The third-order valence-corrected chi connectivity index (χ3v) is 6.31. The molecule has 2 amide bonds. The van der Waals surface area contributed by atoms with Gasteiger partial charge in [-0.2, -0.15) is 0 Å². The monoisotopic (exact) mass is 493 g/mol. The molecule has 0 aliphatic carbocycles. The second kappa shape index (κ2) is 10.2. The van der Waals surface area contributed by atoms with Crippen molar-refractivity contribution < 1.29 is 26.8 Å². The number of hydrogen-bond acceptors (Lipinski definition) is 5. The van der Waals surface area contributed by atoms with Gasteiger partial charge in [0.2, 0.25) is 0 Å². The van der Waals surface area contributed by atoms with Gasteiger partial charge in [-0.15, -0.1) is 0 Å². The normalized spacial score (nSPS) is 11.0. The third-order valence-electron chi connectivity index (χ3n) is 4.93. The molecule has 1 heterocycles. The third kappa shape index (κ3) is 5.92. The van der Waals surface area contributed by atoms with Gasteiger partial charge in [-0.25, -0.2) is 12.8 Å². The van der Waals surface area contributed by atoms with Gasteiger partial charge in [-0.05, 0) is 66.2 Å². The van der Waals surface area contributed by atoms with E-state index in [0.717, 1.165) is 11.6 Å². The Hall–Kier alpha value is -4.44. The highest BCUT2D eigenvalue weighted by Gasteiger charge is 2.17. The van der Waals surface area contributed by atoms with Crippen LogP contribution in [0.4, 0.5) is 15.8 Å². The van der Waals surface area contributed by atoms with Gasteiger partial charge in [0.15, 0.2) is 5.76 Å². The molecule has 0 saturated carbocycles. The summed E-state index contributed by atoms with van der Waals surface area (Å²) in [7, 11) is -4.03. The Morgan fingerprint density at radius 2 is 1.63 bits per heavy atom. The Kier molecular flexibility index (Phi) is 6.93. The van der Waals surface area contributed by atoms with Crippen molar-refractivity contribution in [1.82, 2.24) is 5.32 Å². The number of carbonyl (C=O) groups is 2. The van der Waals surface area contributed by atoms with E-state index in [1.54, 1.807) is 36.4 Å². The first-order valence-corrected chi connectivity index (χ1v) is 11.9. The van der Waals surface area contributed by atoms with E-state index < -0.39 is 27.7 Å². The predicted molar refractivity (Wildman–Crippen MR) is 128 cm³/mol. The molecule has 0 bridgehead atoms. The van der Waals surface area contributed by atoms with E-state index in [1.807, 2.05) is 0 Å². The van der Waals surface area contributed by atoms with Gasteiger partial charge in [0.05, 0.1) is 16.8 Å². The van der Waals surface area contributed by atoms with Gasteiger partial charge >= 0.3 is 0 Å². The van der Waals surface area contributed by atoms with E-state index in [-0.39, 0.29) is 28.5 Å². The number of halogens is 1. The Balaban J connectivity index is 1.37. The Labute approximate surface area is 200 Å².